The molecule has 1 aromatic heterocycles. The molecule has 0 aliphatic heterocycles. The van der Waals surface area contributed by atoms with E-state index < -0.39 is 10.7 Å². The highest BCUT2D eigenvalue weighted by molar-refractivity contribution is 5.98. The number of carbonyl (C=O) groups is 1. The number of aromatic nitrogens is 2. The van der Waals surface area contributed by atoms with Crippen LogP contribution in [0.2, 0.25) is 0 Å². The summed E-state index contributed by atoms with van der Waals surface area (Å²) in [4.78, 5) is 34.0. The first-order chi connectivity index (χ1) is 9.95. The quantitative estimate of drug-likeness (QED) is 0.486. The van der Waals surface area contributed by atoms with Gasteiger partial charge in [-0.1, -0.05) is 6.92 Å². The summed E-state index contributed by atoms with van der Waals surface area (Å²) in [5.74, 6) is -0.436. The average molecular weight is 287 g/mol. The molecule has 0 N–H and O–H groups in total. The van der Waals surface area contributed by atoms with Crippen LogP contribution in [-0.2, 0) is 6.42 Å². The maximum atomic E-state index is 11.9. The SMILES string of the molecule is CCc1cc([N+](=O)[O-])c(C(C)=O)cc1-n1ncccc1=O. The molecule has 0 aliphatic carbocycles. The van der Waals surface area contributed by atoms with Crippen molar-refractivity contribution in [1.82, 2.24) is 9.78 Å². The van der Waals surface area contributed by atoms with E-state index in [4.69, 9.17) is 0 Å². The van der Waals surface area contributed by atoms with Crippen molar-refractivity contribution >= 4 is 11.5 Å². The zero-order valence-corrected chi connectivity index (χ0v) is 11.6. The Kier molecular flexibility index (Phi) is 3.93. The van der Waals surface area contributed by atoms with Gasteiger partial charge in [-0.15, -0.1) is 0 Å². The fourth-order valence-corrected chi connectivity index (χ4v) is 2.07. The fraction of sp³-hybridized carbons (Fsp3) is 0.214. The lowest BCUT2D eigenvalue weighted by atomic mass is 10.0. The highest BCUT2D eigenvalue weighted by atomic mass is 16.6. The molecule has 21 heavy (non-hydrogen) atoms. The van der Waals surface area contributed by atoms with E-state index in [2.05, 4.69) is 5.10 Å². The van der Waals surface area contributed by atoms with Gasteiger partial charge in [-0.3, -0.25) is 19.7 Å². The molecule has 0 fully saturated rings. The minimum Gasteiger partial charge on any atom is -0.294 e. The second-order valence-electron chi connectivity index (χ2n) is 4.44. The molecular formula is C14H13N3O4. The number of benzene rings is 1. The van der Waals surface area contributed by atoms with E-state index in [1.165, 1.54) is 37.4 Å². The lowest BCUT2D eigenvalue weighted by Gasteiger charge is -2.11. The first-order valence-electron chi connectivity index (χ1n) is 6.32. The number of rotatable bonds is 4. The number of hydrogen-bond acceptors (Lipinski definition) is 5. The third kappa shape index (κ3) is 2.71. The van der Waals surface area contributed by atoms with Crippen molar-refractivity contribution in [2.45, 2.75) is 20.3 Å². The summed E-state index contributed by atoms with van der Waals surface area (Å²) < 4.78 is 1.13. The van der Waals surface area contributed by atoms with Crippen LogP contribution in [0.3, 0.4) is 0 Å². The van der Waals surface area contributed by atoms with E-state index in [0.717, 1.165) is 4.68 Å². The summed E-state index contributed by atoms with van der Waals surface area (Å²) in [6.07, 6.45) is 1.91. The number of hydrogen-bond donors (Lipinski definition) is 0. The molecule has 1 aromatic carbocycles. The molecule has 0 unspecified atom stereocenters. The van der Waals surface area contributed by atoms with E-state index in [9.17, 15) is 19.7 Å². The Hall–Kier alpha value is -2.83. The standard InChI is InChI=1S/C14H13N3O4/c1-3-10-7-13(17(20)21)11(9(2)18)8-12(10)16-14(19)5-4-6-15-16/h4-8H,3H2,1-2H3. The molecule has 0 saturated carbocycles. The predicted molar refractivity (Wildman–Crippen MR) is 75.9 cm³/mol. The van der Waals surface area contributed by atoms with Gasteiger partial charge in [0.15, 0.2) is 5.78 Å². The predicted octanol–water partition coefficient (Wildman–Crippen LogP) is 1.91. The second kappa shape index (κ2) is 5.66. The maximum Gasteiger partial charge on any atom is 0.280 e. The Balaban J connectivity index is 2.81. The summed E-state index contributed by atoms with van der Waals surface area (Å²) >= 11 is 0. The molecule has 2 rings (SSSR count). The molecule has 7 heteroatoms. The van der Waals surface area contributed by atoms with Crippen LogP contribution in [0.1, 0.15) is 29.8 Å². The van der Waals surface area contributed by atoms with E-state index in [1.807, 2.05) is 6.92 Å². The molecule has 0 radical (unpaired) electrons. The molecule has 7 nitrogen and oxygen atoms in total. The molecule has 0 spiro atoms. The number of nitro groups is 1. The van der Waals surface area contributed by atoms with Gasteiger partial charge in [0.1, 0.15) is 0 Å². The lowest BCUT2D eigenvalue weighted by molar-refractivity contribution is -0.385. The molecular weight excluding hydrogens is 274 g/mol. The third-order valence-corrected chi connectivity index (χ3v) is 3.10. The van der Waals surface area contributed by atoms with Crippen molar-refractivity contribution in [3.05, 3.63) is 62.1 Å². The molecule has 0 atom stereocenters. The van der Waals surface area contributed by atoms with Gasteiger partial charge in [0, 0.05) is 18.3 Å². The number of carbonyl (C=O) groups excluding carboxylic acids is 1. The molecule has 2 aromatic rings. The number of aryl methyl sites for hydroxylation is 1. The zero-order valence-electron chi connectivity index (χ0n) is 11.6. The van der Waals surface area contributed by atoms with Crippen molar-refractivity contribution in [3.8, 4) is 5.69 Å². The topological polar surface area (TPSA) is 95.1 Å². The minimum absolute atomic E-state index is 0.0373. The number of nitro benzene ring substituents is 1. The summed E-state index contributed by atoms with van der Waals surface area (Å²) in [5.41, 5.74) is 0.304. The molecule has 108 valence electrons. The highest BCUT2D eigenvalue weighted by Gasteiger charge is 2.21. The van der Waals surface area contributed by atoms with Crippen LogP contribution < -0.4 is 5.56 Å². The van der Waals surface area contributed by atoms with Crippen molar-refractivity contribution in [3.63, 3.8) is 0 Å². The number of nitrogens with zero attached hydrogens (tertiary/aromatic N) is 3. The molecule has 0 aliphatic rings. The Morgan fingerprint density at radius 2 is 2.14 bits per heavy atom. The van der Waals surface area contributed by atoms with Gasteiger partial charge < -0.3 is 0 Å². The van der Waals surface area contributed by atoms with Gasteiger partial charge in [-0.05, 0) is 31.0 Å². The second-order valence-corrected chi connectivity index (χ2v) is 4.44. The van der Waals surface area contributed by atoms with Crippen molar-refractivity contribution in [2.75, 3.05) is 0 Å². The number of ketones is 1. The van der Waals surface area contributed by atoms with Crippen LogP contribution >= 0.6 is 0 Å². The first kappa shape index (κ1) is 14.6. The van der Waals surface area contributed by atoms with Gasteiger partial charge in [-0.25, -0.2) is 0 Å². The van der Waals surface area contributed by atoms with Crippen molar-refractivity contribution < 1.29 is 9.72 Å². The lowest BCUT2D eigenvalue weighted by Crippen LogP contribution is -2.21. The molecule has 0 amide bonds. The molecule has 0 bridgehead atoms. The highest BCUT2D eigenvalue weighted by Crippen LogP contribution is 2.26. The summed E-state index contributed by atoms with van der Waals surface area (Å²) in [6.45, 7) is 3.06. The Labute approximate surface area is 120 Å². The summed E-state index contributed by atoms with van der Waals surface area (Å²) in [5, 5.41) is 15.0. The van der Waals surface area contributed by atoms with Crippen LogP contribution in [0.4, 0.5) is 5.69 Å². The first-order valence-corrected chi connectivity index (χ1v) is 6.32. The van der Waals surface area contributed by atoms with Crippen LogP contribution in [-0.4, -0.2) is 20.5 Å². The van der Waals surface area contributed by atoms with Crippen molar-refractivity contribution in [2.24, 2.45) is 0 Å². The van der Waals surface area contributed by atoms with Gasteiger partial charge in [0.05, 0.1) is 16.2 Å². The van der Waals surface area contributed by atoms with Crippen LogP contribution in [0.5, 0.6) is 0 Å². The smallest absolute Gasteiger partial charge is 0.280 e. The van der Waals surface area contributed by atoms with Gasteiger partial charge in [-0.2, -0.15) is 9.78 Å². The Bertz CT molecular complexity index is 780. The van der Waals surface area contributed by atoms with Crippen molar-refractivity contribution in [1.29, 1.82) is 0 Å². The van der Waals surface area contributed by atoms with E-state index in [0.29, 0.717) is 17.7 Å². The average Bonchev–Trinajstić information content (AvgIpc) is 2.46. The third-order valence-electron chi connectivity index (χ3n) is 3.10. The van der Waals surface area contributed by atoms with E-state index in [1.54, 1.807) is 0 Å². The minimum atomic E-state index is -0.596. The largest absolute Gasteiger partial charge is 0.294 e. The van der Waals surface area contributed by atoms with Gasteiger partial charge in [0.2, 0.25) is 0 Å². The number of Topliss-reactive ketones (excluding diaryl/α,β-unsaturated/α-hetero) is 1. The molecule has 1 heterocycles. The zero-order chi connectivity index (χ0) is 15.6. The van der Waals surface area contributed by atoms with Crippen LogP contribution in [0, 0.1) is 10.1 Å². The maximum absolute atomic E-state index is 11.9. The van der Waals surface area contributed by atoms with Crippen LogP contribution in [0.25, 0.3) is 5.69 Å². The summed E-state index contributed by atoms with van der Waals surface area (Å²) in [7, 11) is 0. The van der Waals surface area contributed by atoms with Gasteiger partial charge >= 0.3 is 0 Å². The van der Waals surface area contributed by atoms with Gasteiger partial charge in [0.25, 0.3) is 11.2 Å². The Morgan fingerprint density at radius 1 is 1.43 bits per heavy atom. The van der Waals surface area contributed by atoms with Crippen LogP contribution in [0.15, 0.2) is 35.3 Å². The molecule has 0 saturated heterocycles. The van der Waals surface area contributed by atoms with E-state index >= 15 is 0 Å². The van der Waals surface area contributed by atoms with E-state index in [-0.39, 0.29) is 16.8 Å². The Morgan fingerprint density at radius 3 is 2.67 bits per heavy atom. The monoisotopic (exact) mass is 287 g/mol. The normalized spacial score (nSPS) is 10.4. The fourth-order valence-electron chi connectivity index (χ4n) is 2.07. The summed E-state index contributed by atoms with van der Waals surface area (Å²) in [6, 6.07) is 5.52.